The van der Waals surface area contributed by atoms with Crippen molar-refractivity contribution in [1.82, 2.24) is 20.1 Å². The summed E-state index contributed by atoms with van der Waals surface area (Å²) in [4.78, 5) is 30.4. The molecule has 7 heteroatoms. The third kappa shape index (κ3) is 2.35. The zero-order valence-electron chi connectivity index (χ0n) is 12.0. The normalized spacial score (nSPS) is 13.7. The Hall–Kier alpha value is -2.80. The summed E-state index contributed by atoms with van der Waals surface area (Å²) in [6.45, 7) is 0.332. The highest BCUT2D eigenvalue weighted by atomic mass is 32.1. The number of thiazole rings is 1. The number of fused-ring (bicyclic) bond motifs is 1. The number of carbonyl (C=O) groups is 2. The number of imide groups is 1. The van der Waals surface area contributed by atoms with Gasteiger partial charge in [-0.1, -0.05) is 12.1 Å². The van der Waals surface area contributed by atoms with Crippen LogP contribution in [0.2, 0.25) is 0 Å². The molecular formula is C16H12N4O2S. The first-order valence-electron chi connectivity index (χ1n) is 7.13. The van der Waals surface area contributed by atoms with Crippen LogP contribution in [0.5, 0.6) is 0 Å². The van der Waals surface area contributed by atoms with Gasteiger partial charge in [0.15, 0.2) is 0 Å². The molecule has 4 rings (SSSR count). The van der Waals surface area contributed by atoms with Crippen molar-refractivity contribution < 1.29 is 9.59 Å². The quantitative estimate of drug-likeness (QED) is 0.747. The first-order valence-corrected chi connectivity index (χ1v) is 8.01. The Morgan fingerprint density at radius 3 is 2.48 bits per heavy atom. The predicted octanol–water partition coefficient (Wildman–Crippen LogP) is 2.37. The van der Waals surface area contributed by atoms with Crippen molar-refractivity contribution in [3.63, 3.8) is 0 Å². The Morgan fingerprint density at radius 1 is 1.09 bits per heavy atom. The van der Waals surface area contributed by atoms with E-state index in [-0.39, 0.29) is 11.8 Å². The van der Waals surface area contributed by atoms with Crippen molar-refractivity contribution in [3.8, 4) is 10.7 Å². The summed E-state index contributed by atoms with van der Waals surface area (Å²) in [5.74, 6) is -0.454. The molecule has 114 valence electrons. The minimum Gasteiger partial charge on any atom is -0.275 e. The van der Waals surface area contributed by atoms with Gasteiger partial charge in [0, 0.05) is 24.5 Å². The van der Waals surface area contributed by atoms with Gasteiger partial charge in [-0.3, -0.25) is 19.6 Å². The Labute approximate surface area is 135 Å². The van der Waals surface area contributed by atoms with Gasteiger partial charge in [-0.2, -0.15) is 5.10 Å². The first-order chi connectivity index (χ1) is 11.2. The van der Waals surface area contributed by atoms with Gasteiger partial charge in [-0.15, -0.1) is 11.3 Å². The maximum absolute atomic E-state index is 12.3. The van der Waals surface area contributed by atoms with E-state index in [0.717, 1.165) is 16.4 Å². The molecule has 1 N–H and O–H groups in total. The standard InChI is InChI=1S/C16H12N4O2S/c21-15-11-3-1-2-4-12(11)16(22)20(15)8-6-10-9-23-14(18-10)13-5-7-17-19-13/h1-5,7,9H,6,8H2,(H,17,19). The number of amides is 2. The summed E-state index contributed by atoms with van der Waals surface area (Å²) in [5, 5.41) is 9.56. The van der Waals surface area contributed by atoms with E-state index in [1.54, 1.807) is 30.5 Å². The average Bonchev–Trinajstić information content (AvgIpc) is 3.29. The van der Waals surface area contributed by atoms with Crippen LogP contribution in [0.1, 0.15) is 26.4 Å². The van der Waals surface area contributed by atoms with Crippen molar-refractivity contribution in [3.05, 3.63) is 58.7 Å². The lowest BCUT2D eigenvalue weighted by molar-refractivity contribution is 0.0656. The summed E-state index contributed by atoms with van der Waals surface area (Å²) in [5.41, 5.74) is 2.68. The number of nitrogens with zero attached hydrogens (tertiary/aromatic N) is 3. The van der Waals surface area contributed by atoms with Crippen molar-refractivity contribution in [2.24, 2.45) is 0 Å². The van der Waals surface area contributed by atoms with E-state index >= 15 is 0 Å². The molecule has 23 heavy (non-hydrogen) atoms. The van der Waals surface area contributed by atoms with Crippen LogP contribution in [0.15, 0.2) is 41.9 Å². The minimum atomic E-state index is -0.227. The van der Waals surface area contributed by atoms with Gasteiger partial charge in [0.2, 0.25) is 0 Å². The van der Waals surface area contributed by atoms with Gasteiger partial charge < -0.3 is 0 Å². The van der Waals surface area contributed by atoms with E-state index in [4.69, 9.17) is 0 Å². The molecule has 1 aliphatic heterocycles. The molecule has 3 aromatic rings. The highest BCUT2D eigenvalue weighted by Crippen LogP contribution is 2.24. The van der Waals surface area contributed by atoms with E-state index in [0.29, 0.717) is 24.1 Å². The summed E-state index contributed by atoms with van der Waals surface area (Å²) in [6.07, 6.45) is 2.21. The molecule has 1 aliphatic rings. The number of aromatic nitrogens is 3. The predicted molar refractivity (Wildman–Crippen MR) is 85.2 cm³/mol. The minimum absolute atomic E-state index is 0.227. The van der Waals surface area contributed by atoms with Crippen LogP contribution >= 0.6 is 11.3 Å². The molecule has 3 heterocycles. The lowest BCUT2D eigenvalue weighted by Gasteiger charge is -2.12. The van der Waals surface area contributed by atoms with Crippen LogP contribution in [0.25, 0.3) is 10.7 Å². The lowest BCUT2D eigenvalue weighted by atomic mass is 10.1. The molecule has 0 spiro atoms. The summed E-state index contributed by atoms with van der Waals surface area (Å²) >= 11 is 1.51. The van der Waals surface area contributed by atoms with Gasteiger partial charge >= 0.3 is 0 Å². The number of nitrogens with one attached hydrogen (secondary N) is 1. The van der Waals surface area contributed by atoms with Gasteiger partial charge in [0.05, 0.1) is 22.5 Å². The molecule has 0 radical (unpaired) electrons. The van der Waals surface area contributed by atoms with Gasteiger partial charge in [0.25, 0.3) is 11.8 Å². The molecule has 0 atom stereocenters. The van der Waals surface area contributed by atoms with Crippen LogP contribution < -0.4 is 0 Å². The zero-order valence-corrected chi connectivity index (χ0v) is 12.8. The van der Waals surface area contributed by atoms with E-state index in [2.05, 4.69) is 15.2 Å². The average molecular weight is 324 g/mol. The van der Waals surface area contributed by atoms with Crippen molar-refractivity contribution in [2.45, 2.75) is 6.42 Å². The molecule has 2 amide bonds. The summed E-state index contributed by atoms with van der Waals surface area (Å²) < 4.78 is 0. The highest BCUT2D eigenvalue weighted by molar-refractivity contribution is 7.13. The molecule has 0 saturated heterocycles. The van der Waals surface area contributed by atoms with Crippen LogP contribution in [0, 0.1) is 0 Å². The SMILES string of the molecule is O=C1c2ccccc2C(=O)N1CCc1csc(-c2ccn[nH]2)n1. The monoisotopic (exact) mass is 324 g/mol. The fourth-order valence-corrected chi connectivity index (χ4v) is 3.42. The molecule has 0 bridgehead atoms. The van der Waals surface area contributed by atoms with E-state index < -0.39 is 0 Å². The molecule has 0 aliphatic carbocycles. The smallest absolute Gasteiger partial charge is 0.261 e. The van der Waals surface area contributed by atoms with Crippen molar-refractivity contribution >= 4 is 23.2 Å². The lowest BCUT2D eigenvalue weighted by Crippen LogP contribution is -2.31. The van der Waals surface area contributed by atoms with Crippen LogP contribution in [-0.4, -0.2) is 38.4 Å². The maximum atomic E-state index is 12.3. The number of benzene rings is 1. The summed E-state index contributed by atoms with van der Waals surface area (Å²) in [7, 11) is 0. The number of H-pyrrole nitrogens is 1. The fraction of sp³-hybridized carbons (Fsp3) is 0.125. The fourth-order valence-electron chi connectivity index (χ4n) is 2.59. The van der Waals surface area contributed by atoms with Crippen molar-refractivity contribution in [1.29, 1.82) is 0 Å². The maximum Gasteiger partial charge on any atom is 0.261 e. The first kappa shape index (κ1) is 13.8. The second-order valence-corrected chi connectivity index (χ2v) is 6.03. The molecule has 0 fully saturated rings. The summed E-state index contributed by atoms with van der Waals surface area (Å²) in [6, 6.07) is 8.77. The Kier molecular flexibility index (Phi) is 3.27. The van der Waals surface area contributed by atoms with Crippen LogP contribution in [0.3, 0.4) is 0 Å². The largest absolute Gasteiger partial charge is 0.275 e. The topological polar surface area (TPSA) is 79.0 Å². The Morgan fingerprint density at radius 2 is 1.83 bits per heavy atom. The Balaban J connectivity index is 1.48. The second-order valence-electron chi connectivity index (χ2n) is 5.17. The Bertz CT molecular complexity index is 850. The number of aromatic amines is 1. The molecule has 2 aromatic heterocycles. The molecular weight excluding hydrogens is 312 g/mol. The number of hydrogen-bond acceptors (Lipinski definition) is 5. The van der Waals surface area contributed by atoms with Crippen molar-refractivity contribution in [2.75, 3.05) is 6.54 Å². The molecule has 6 nitrogen and oxygen atoms in total. The molecule has 0 unspecified atom stereocenters. The van der Waals surface area contributed by atoms with Gasteiger partial charge in [-0.25, -0.2) is 4.98 Å². The number of rotatable bonds is 4. The highest BCUT2D eigenvalue weighted by Gasteiger charge is 2.34. The zero-order chi connectivity index (χ0) is 15.8. The van der Waals surface area contributed by atoms with Crippen LogP contribution in [-0.2, 0) is 6.42 Å². The molecule has 1 aromatic carbocycles. The van der Waals surface area contributed by atoms with Gasteiger partial charge in [-0.05, 0) is 18.2 Å². The third-order valence-corrected chi connectivity index (χ3v) is 4.68. The van der Waals surface area contributed by atoms with E-state index in [1.165, 1.54) is 16.2 Å². The van der Waals surface area contributed by atoms with Crippen LogP contribution in [0.4, 0.5) is 0 Å². The van der Waals surface area contributed by atoms with E-state index in [9.17, 15) is 9.59 Å². The number of hydrogen-bond donors (Lipinski definition) is 1. The number of carbonyl (C=O) groups excluding carboxylic acids is 2. The van der Waals surface area contributed by atoms with E-state index in [1.807, 2.05) is 11.4 Å². The molecule has 0 saturated carbocycles. The third-order valence-electron chi connectivity index (χ3n) is 3.75. The van der Waals surface area contributed by atoms with Gasteiger partial charge in [0.1, 0.15) is 5.01 Å². The second kappa shape index (κ2) is 5.44.